The molecule has 1 aromatic carbocycles. The summed E-state index contributed by atoms with van der Waals surface area (Å²) in [6.07, 6.45) is 4.55. The Bertz CT molecular complexity index is 654. The number of carbonyl (C=O) groups is 1. The highest BCUT2D eigenvalue weighted by molar-refractivity contribution is 5.96. The van der Waals surface area contributed by atoms with E-state index in [0.717, 1.165) is 24.1 Å². The molecule has 1 heterocycles. The van der Waals surface area contributed by atoms with E-state index < -0.39 is 0 Å². The van der Waals surface area contributed by atoms with E-state index >= 15 is 0 Å². The molecule has 4 nitrogen and oxygen atoms in total. The Morgan fingerprint density at radius 2 is 1.95 bits per heavy atom. The molecule has 0 saturated heterocycles. The third kappa shape index (κ3) is 2.75. The normalized spacial score (nSPS) is 22.4. The fraction of sp³-hybridized carbons (Fsp3) is 0.471. The zero-order chi connectivity index (χ0) is 15.0. The predicted molar refractivity (Wildman–Crippen MR) is 84.1 cm³/mol. The Balaban J connectivity index is 1.79. The molecule has 1 fully saturated rings. The second-order valence-corrected chi connectivity index (χ2v) is 6.24. The maximum Gasteiger partial charge on any atom is 0.289 e. The van der Waals surface area contributed by atoms with E-state index in [1.165, 1.54) is 12.8 Å². The van der Waals surface area contributed by atoms with Crippen LogP contribution in [0.5, 0.6) is 0 Å². The van der Waals surface area contributed by atoms with Crippen molar-refractivity contribution in [2.75, 3.05) is 12.8 Å². The minimum absolute atomic E-state index is 0.0377. The van der Waals surface area contributed by atoms with Gasteiger partial charge in [0.1, 0.15) is 5.58 Å². The summed E-state index contributed by atoms with van der Waals surface area (Å²) in [6.45, 7) is 2.28. The Hall–Kier alpha value is -1.97. The van der Waals surface area contributed by atoms with E-state index in [0.29, 0.717) is 23.1 Å². The fourth-order valence-corrected chi connectivity index (χ4v) is 3.14. The number of amides is 1. The van der Waals surface area contributed by atoms with E-state index in [1.807, 2.05) is 24.1 Å². The van der Waals surface area contributed by atoms with Gasteiger partial charge in [-0.2, -0.15) is 0 Å². The highest BCUT2D eigenvalue weighted by atomic mass is 16.3. The van der Waals surface area contributed by atoms with Crippen molar-refractivity contribution in [1.82, 2.24) is 4.90 Å². The van der Waals surface area contributed by atoms with Gasteiger partial charge in [-0.05, 0) is 55.9 Å². The van der Waals surface area contributed by atoms with E-state index in [1.54, 1.807) is 12.1 Å². The van der Waals surface area contributed by atoms with Crippen LogP contribution in [0.2, 0.25) is 0 Å². The van der Waals surface area contributed by atoms with Crippen LogP contribution in [0.15, 0.2) is 28.7 Å². The molecule has 0 bridgehead atoms. The molecule has 1 aliphatic carbocycles. The molecule has 1 aromatic heterocycles. The van der Waals surface area contributed by atoms with Gasteiger partial charge in [-0.3, -0.25) is 4.79 Å². The number of anilines is 1. The fourth-order valence-electron chi connectivity index (χ4n) is 3.14. The van der Waals surface area contributed by atoms with Gasteiger partial charge in [0.15, 0.2) is 5.76 Å². The van der Waals surface area contributed by atoms with Crippen LogP contribution in [0.4, 0.5) is 5.69 Å². The van der Waals surface area contributed by atoms with Crippen LogP contribution in [-0.4, -0.2) is 23.9 Å². The van der Waals surface area contributed by atoms with Gasteiger partial charge in [0.2, 0.25) is 0 Å². The second-order valence-electron chi connectivity index (χ2n) is 6.24. The molecular weight excluding hydrogens is 264 g/mol. The maximum absolute atomic E-state index is 12.6. The first-order chi connectivity index (χ1) is 10.0. The minimum Gasteiger partial charge on any atom is -0.451 e. The smallest absolute Gasteiger partial charge is 0.289 e. The topological polar surface area (TPSA) is 59.5 Å². The van der Waals surface area contributed by atoms with Crippen molar-refractivity contribution in [3.05, 3.63) is 30.0 Å². The largest absolute Gasteiger partial charge is 0.451 e. The van der Waals surface area contributed by atoms with Crippen molar-refractivity contribution in [1.29, 1.82) is 0 Å². The summed E-state index contributed by atoms with van der Waals surface area (Å²) in [4.78, 5) is 14.4. The van der Waals surface area contributed by atoms with Gasteiger partial charge in [-0.25, -0.2) is 0 Å². The van der Waals surface area contributed by atoms with E-state index in [4.69, 9.17) is 10.2 Å². The van der Waals surface area contributed by atoms with Crippen LogP contribution in [0.25, 0.3) is 11.0 Å². The lowest BCUT2D eigenvalue weighted by atomic mass is 9.87. The first-order valence-corrected chi connectivity index (χ1v) is 7.61. The van der Waals surface area contributed by atoms with Crippen molar-refractivity contribution in [3.63, 3.8) is 0 Å². The van der Waals surface area contributed by atoms with Crippen molar-refractivity contribution < 1.29 is 9.21 Å². The van der Waals surface area contributed by atoms with Crippen LogP contribution in [0.1, 0.15) is 43.2 Å². The molecule has 0 atom stereocenters. The van der Waals surface area contributed by atoms with Crippen molar-refractivity contribution >= 4 is 22.6 Å². The molecule has 1 aliphatic rings. The lowest BCUT2D eigenvalue weighted by Gasteiger charge is -2.33. The number of rotatable bonds is 2. The summed E-state index contributed by atoms with van der Waals surface area (Å²) < 4.78 is 5.67. The highest BCUT2D eigenvalue weighted by Gasteiger charge is 2.27. The van der Waals surface area contributed by atoms with Gasteiger partial charge in [0.05, 0.1) is 0 Å². The van der Waals surface area contributed by atoms with Crippen LogP contribution in [0.3, 0.4) is 0 Å². The minimum atomic E-state index is -0.0377. The molecule has 1 amide bonds. The van der Waals surface area contributed by atoms with Gasteiger partial charge in [-0.1, -0.05) is 6.92 Å². The molecule has 3 rings (SSSR count). The summed E-state index contributed by atoms with van der Waals surface area (Å²) in [5, 5.41) is 0.879. The monoisotopic (exact) mass is 286 g/mol. The Morgan fingerprint density at radius 3 is 2.67 bits per heavy atom. The number of hydrogen-bond acceptors (Lipinski definition) is 3. The third-order valence-electron chi connectivity index (χ3n) is 4.60. The molecule has 0 radical (unpaired) electrons. The number of nitrogens with two attached hydrogens (primary N) is 1. The maximum atomic E-state index is 12.6. The Kier molecular flexibility index (Phi) is 3.62. The summed E-state index contributed by atoms with van der Waals surface area (Å²) in [7, 11) is 1.88. The number of hydrogen-bond donors (Lipinski definition) is 1. The quantitative estimate of drug-likeness (QED) is 0.857. The zero-order valence-corrected chi connectivity index (χ0v) is 12.6. The van der Waals surface area contributed by atoms with Crippen molar-refractivity contribution in [2.24, 2.45) is 5.92 Å². The van der Waals surface area contributed by atoms with Gasteiger partial charge < -0.3 is 15.1 Å². The van der Waals surface area contributed by atoms with Gasteiger partial charge in [-0.15, -0.1) is 0 Å². The second kappa shape index (κ2) is 5.43. The molecule has 21 heavy (non-hydrogen) atoms. The number of nitrogen functional groups attached to an aromatic ring is 1. The molecule has 4 heteroatoms. The van der Waals surface area contributed by atoms with E-state index in [2.05, 4.69) is 6.92 Å². The van der Waals surface area contributed by atoms with Gasteiger partial charge in [0.25, 0.3) is 5.91 Å². The first-order valence-electron chi connectivity index (χ1n) is 7.61. The molecule has 1 saturated carbocycles. The summed E-state index contributed by atoms with van der Waals surface area (Å²) in [6, 6.07) is 7.54. The van der Waals surface area contributed by atoms with Crippen LogP contribution in [0, 0.1) is 5.92 Å². The average molecular weight is 286 g/mol. The third-order valence-corrected chi connectivity index (χ3v) is 4.60. The lowest BCUT2D eigenvalue weighted by Crippen LogP contribution is -2.39. The summed E-state index contributed by atoms with van der Waals surface area (Å²) in [5.74, 6) is 1.14. The standard InChI is InChI=1S/C17H22N2O2/c1-11-3-6-14(7-4-11)19(2)17(20)16-10-12-9-13(18)5-8-15(12)21-16/h5,8-11,14H,3-4,6-7,18H2,1-2H3. The number of nitrogens with zero attached hydrogens (tertiary/aromatic N) is 1. The Morgan fingerprint density at radius 1 is 1.24 bits per heavy atom. The molecular formula is C17H22N2O2. The summed E-state index contributed by atoms with van der Waals surface area (Å²) >= 11 is 0. The zero-order valence-electron chi connectivity index (χ0n) is 12.6. The SMILES string of the molecule is CC1CCC(N(C)C(=O)c2cc3cc(N)ccc3o2)CC1. The number of benzene rings is 1. The molecule has 112 valence electrons. The first kappa shape index (κ1) is 14.0. The number of furan rings is 1. The molecule has 2 N–H and O–H groups in total. The molecule has 0 aliphatic heterocycles. The average Bonchev–Trinajstić information content (AvgIpc) is 2.89. The lowest BCUT2D eigenvalue weighted by molar-refractivity contribution is 0.0650. The summed E-state index contributed by atoms with van der Waals surface area (Å²) in [5.41, 5.74) is 7.15. The van der Waals surface area contributed by atoms with Gasteiger partial charge >= 0.3 is 0 Å². The van der Waals surface area contributed by atoms with Crippen LogP contribution in [-0.2, 0) is 0 Å². The van der Waals surface area contributed by atoms with Crippen LogP contribution < -0.4 is 5.73 Å². The molecule has 0 spiro atoms. The van der Waals surface area contributed by atoms with E-state index in [-0.39, 0.29) is 5.91 Å². The predicted octanol–water partition coefficient (Wildman–Crippen LogP) is 3.67. The van der Waals surface area contributed by atoms with Crippen molar-refractivity contribution in [2.45, 2.75) is 38.6 Å². The van der Waals surface area contributed by atoms with Crippen LogP contribution >= 0.6 is 0 Å². The molecule has 2 aromatic rings. The van der Waals surface area contributed by atoms with E-state index in [9.17, 15) is 4.79 Å². The highest BCUT2D eigenvalue weighted by Crippen LogP contribution is 2.28. The number of fused-ring (bicyclic) bond motifs is 1. The van der Waals surface area contributed by atoms with Gasteiger partial charge in [0, 0.05) is 24.2 Å². The number of carbonyl (C=O) groups excluding carboxylic acids is 1. The van der Waals surface area contributed by atoms with Crippen molar-refractivity contribution in [3.8, 4) is 0 Å². The molecule has 0 unspecified atom stereocenters. The Labute approximate surface area is 124 Å².